The minimum atomic E-state index is -0.545. The van der Waals surface area contributed by atoms with Gasteiger partial charge in [0.15, 0.2) is 6.73 Å². The number of carbonyl (C=O) groups excluding carboxylic acids is 1. The summed E-state index contributed by atoms with van der Waals surface area (Å²) in [5.74, 6) is 1.49. The Morgan fingerprint density at radius 2 is 1.77 bits per heavy atom. The van der Waals surface area contributed by atoms with Gasteiger partial charge in [0, 0.05) is 6.07 Å². The number of urea groups is 1. The van der Waals surface area contributed by atoms with Gasteiger partial charge in [0.05, 0.1) is 30.4 Å². The summed E-state index contributed by atoms with van der Waals surface area (Å²) in [7, 11) is 1.36. The molecule has 138 valence electrons. The number of benzene rings is 2. The van der Waals surface area contributed by atoms with Crippen LogP contribution in [0.3, 0.4) is 0 Å². The summed E-state index contributed by atoms with van der Waals surface area (Å²) in [6.45, 7) is 2.41. The van der Waals surface area contributed by atoms with Gasteiger partial charge in [-0.1, -0.05) is 0 Å². The van der Waals surface area contributed by atoms with E-state index in [4.69, 9.17) is 14.2 Å². The predicted molar refractivity (Wildman–Crippen MR) is 94.9 cm³/mol. The number of rotatable bonds is 8. The number of non-ortho nitro benzene ring substituents is 1. The van der Waals surface area contributed by atoms with Gasteiger partial charge in [-0.25, -0.2) is 4.79 Å². The minimum absolute atomic E-state index is 0.0604. The van der Waals surface area contributed by atoms with E-state index in [0.29, 0.717) is 18.0 Å². The van der Waals surface area contributed by atoms with E-state index in [0.717, 1.165) is 5.75 Å². The van der Waals surface area contributed by atoms with Gasteiger partial charge in [0.1, 0.15) is 17.2 Å². The van der Waals surface area contributed by atoms with E-state index in [9.17, 15) is 14.9 Å². The van der Waals surface area contributed by atoms with Crippen LogP contribution in [0, 0.1) is 10.1 Å². The van der Waals surface area contributed by atoms with Crippen molar-refractivity contribution in [3.8, 4) is 17.2 Å². The van der Waals surface area contributed by atoms with E-state index in [1.165, 1.54) is 25.3 Å². The molecule has 0 atom stereocenters. The van der Waals surface area contributed by atoms with Crippen molar-refractivity contribution in [2.45, 2.75) is 6.92 Å². The highest BCUT2D eigenvalue weighted by Crippen LogP contribution is 2.28. The number of hydrogen-bond donors (Lipinski definition) is 2. The normalized spacial score (nSPS) is 9.92. The maximum atomic E-state index is 11.9. The second-order valence-electron chi connectivity index (χ2n) is 4.97. The fourth-order valence-corrected chi connectivity index (χ4v) is 2.05. The van der Waals surface area contributed by atoms with Gasteiger partial charge in [0.2, 0.25) is 0 Å². The summed E-state index contributed by atoms with van der Waals surface area (Å²) in [5.41, 5.74) is 0.170. The van der Waals surface area contributed by atoms with Crippen LogP contribution in [-0.2, 0) is 0 Å². The molecule has 0 aliphatic rings. The van der Waals surface area contributed by atoms with Gasteiger partial charge in [-0.05, 0) is 37.3 Å². The fraction of sp³-hybridized carbons (Fsp3) is 0.235. The van der Waals surface area contributed by atoms with Crippen LogP contribution in [0.4, 0.5) is 16.2 Å². The lowest BCUT2D eigenvalue weighted by atomic mass is 10.2. The number of nitrogens with zero attached hydrogens (tertiary/aromatic N) is 1. The molecule has 0 aromatic heterocycles. The molecule has 2 aromatic rings. The molecule has 2 rings (SSSR count). The molecule has 0 bridgehead atoms. The third kappa shape index (κ3) is 5.26. The summed E-state index contributed by atoms with van der Waals surface area (Å²) in [5, 5.41) is 15.8. The molecule has 0 unspecified atom stereocenters. The van der Waals surface area contributed by atoms with E-state index in [1.807, 2.05) is 6.92 Å². The number of nitro benzene ring substituents is 1. The summed E-state index contributed by atoms with van der Waals surface area (Å²) >= 11 is 0. The molecule has 0 saturated carbocycles. The van der Waals surface area contributed by atoms with Crippen LogP contribution in [0.2, 0.25) is 0 Å². The maximum absolute atomic E-state index is 11.9. The first-order valence-electron chi connectivity index (χ1n) is 7.76. The first kappa shape index (κ1) is 18.8. The second kappa shape index (κ2) is 9.11. The van der Waals surface area contributed by atoms with Gasteiger partial charge in [-0.15, -0.1) is 0 Å². The van der Waals surface area contributed by atoms with Crippen LogP contribution >= 0.6 is 0 Å². The molecule has 0 aliphatic carbocycles. The lowest BCUT2D eigenvalue weighted by Crippen LogP contribution is -2.32. The molecule has 0 radical (unpaired) electrons. The number of ether oxygens (including phenoxy) is 3. The first-order valence-corrected chi connectivity index (χ1v) is 7.76. The molecule has 2 aromatic carbocycles. The van der Waals surface area contributed by atoms with Crippen LogP contribution in [0.1, 0.15) is 6.92 Å². The fourth-order valence-electron chi connectivity index (χ4n) is 2.05. The van der Waals surface area contributed by atoms with E-state index in [2.05, 4.69) is 10.6 Å². The maximum Gasteiger partial charge on any atom is 0.321 e. The van der Waals surface area contributed by atoms with Crippen LogP contribution in [0.5, 0.6) is 17.2 Å². The Kier molecular flexibility index (Phi) is 6.60. The lowest BCUT2D eigenvalue weighted by molar-refractivity contribution is -0.384. The molecule has 0 saturated heterocycles. The number of anilines is 1. The molecular weight excluding hydrogens is 342 g/mol. The van der Waals surface area contributed by atoms with Gasteiger partial charge >= 0.3 is 6.03 Å². The predicted octanol–water partition coefficient (Wildman–Crippen LogP) is 3.16. The average molecular weight is 361 g/mol. The smallest absolute Gasteiger partial charge is 0.321 e. The van der Waals surface area contributed by atoms with E-state index < -0.39 is 11.0 Å². The molecule has 26 heavy (non-hydrogen) atoms. The SMILES string of the molecule is CCOc1ccc(OCNC(=O)Nc2ccc([N+](=O)[O-])cc2OC)cc1. The number of amides is 2. The van der Waals surface area contributed by atoms with Crippen molar-refractivity contribution in [1.82, 2.24) is 5.32 Å². The second-order valence-corrected chi connectivity index (χ2v) is 4.97. The van der Waals surface area contributed by atoms with Crippen molar-refractivity contribution in [2.75, 3.05) is 25.8 Å². The minimum Gasteiger partial charge on any atom is -0.494 e. The van der Waals surface area contributed by atoms with Crippen molar-refractivity contribution in [1.29, 1.82) is 0 Å². The van der Waals surface area contributed by atoms with Gasteiger partial charge in [-0.3, -0.25) is 10.1 Å². The van der Waals surface area contributed by atoms with Crippen LogP contribution in [0.25, 0.3) is 0 Å². The number of methoxy groups -OCH3 is 1. The Labute approximate surface area is 150 Å². The molecule has 9 nitrogen and oxygen atoms in total. The molecule has 0 heterocycles. The van der Waals surface area contributed by atoms with E-state index in [1.54, 1.807) is 24.3 Å². The largest absolute Gasteiger partial charge is 0.494 e. The Hall–Kier alpha value is -3.49. The van der Waals surface area contributed by atoms with Crippen molar-refractivity contribution in [3.63, 3.8) is 0 Å². The van der Waals surface area contributed by atoms with Crippen LogP contribution < -0.4 is 24.8 Å². The lowest BCUT2D eigenvalue weighted by Gasteiger charge is -2.12. The third-order valence-electron chi connectivity index (χ3n) is 3.25. The Balaban J connectivity index is 1.86. The van der Waals surface area contributed by atoms with Crippen molar-refractivity contribution in [3.05, 3.63) is 52.6 Å². The Bertz CT molecular complexity index is 764. The quantitative estimate of drug-likeness (QED) is 0.424. The molecule has 2 amide bonds. The Morgan fingerprint density at radius 3 is 2.35 bits per heavy atom. The van der Waals surface area contributed by atoms with Crippen molar-refractivity contribution < 1.29 is 23.9 Å². The first-order chi connectivity index (χ1) is 12.5. The summed E-state index contributed by atoms with van der Waals surface area (Å²) in [4.78, 5) is 22.1. The summed E-state index contributed by atoms with van der Waals surface area (Å²) in [6.07, 6.45) is 0. The van der Waals surface area contributed by atoms with Gasteiger partial charge in [0.25, 0.3) is 5.69 Å². The molecule has 2 N–H and O–H groups in total. The number of nitro groups is 1. The van der Waals surface area contributed by atoms with Crippen molar-refractivity contribution in [2.24, 2.45) is 0 Å². The zero-order valence-corrected chi connectivity index (χ0v) is 14.4. The van der Waals surface area contributed by atoms with E-state index in [-0.39, 0.29) is 18.2 Å². The monoisotopic (exact) mass is 361 g/mol. The molecular formula is C17H19N3O6. The number of hydrogen-bond acceptors (Lipinski definition) is 6. The topological polar surface area (TPSA) is 112 Å². The van der Waals surface area contributed by atoms with E-state index >= 15 is 0 Å². The third-order valence-corrected chi connectivity index (χ3v) is 3.25. The zero-order valence-electron chi connectivity index (χ0n) is 14.4. The van der Waals surface area contributed by atoms with Gasteiger partial charge < -0.3 is 24.8 Å². The number of nitrogens with one attached hydrogen (secondary N) is 2. The summed E-state index contributed by atoms with van der Waals surface area (Å²) < 4.78 is 15.8. The number of carbonyl (C=O) groups is 1. The zero-order chi connectivity index (χ0) is 18.9. The highest BCUT2D eigenvalue weighted by molar-refractivity contribution is 5.91. The summed E-state index contributed by atoms with van der Waals surface area (Å²) in [6, 6.07) is 10.3. The molecule has 9 heteroatoms. The van der Waals surface area contributed by atoms with Gasteiger partial charge in [-0.2, -0.15) is 0 Å². The van der Waals surface area contributed by atoms with Crippen molar-refractivity contribution >= 4 is 17.4 Å². The molecule has 0 aliphatic heterocycles. The highest BCUT2D eigenvalue weighted by Gasteiger charge is 2.13. The molecule has 0 spiro atoms. The van der Waals surface area contributed by atoms with Crippen LogP contribution in [-0.4, -0.2) is 31.4 Å². The molecule has 0 fully saturated rings. The van der Waals surface area contributed by atoms with Crippen LogP contribution in [0.15, 0.2) is 42.5 Å². The standard InChI is InChI=1S/C17H19N3O6/c1-3-25-13-5-7-14(8-6-13)26-11-18-17(21)19-15-9-4-12(20(22)23)10-16(15)24-2/h4-10H,3,11H2,1-2H3,(H2,18,19,21). The Morgan fingerprint density at radius 1 is 1.12 bits per heavy atom. The average Bonchev–Trinajstić information content (AvgIpc) is 2.63. The highest BCUT2D eigenvalue weighted by atomic mass is 16.6.